The van der Waals surface area contributed by atoms with Gasteiger partial charge in [-0.05, 0) is 12.8 Å². The van der Waals surface area contributed by atoms with Crippen LogP contribution >= 0.6 is 11.6 Å². The number of nitrogens with two attached hydrogens (primary N) is 1. The van der Waals surface area contributed by atoms with Crippen molar-refractivity contribution in [3.63, 3.8) is 0 Å². The van der Waals surface area contributed by atoms with Crippen molar-refractivity contribution in [3.8, 4) is 0 Å². The summed E-state index contributed by atoms with van der Waals surface area (Å²) < 4.78 is 1.62. The highest BCUT2D eigenvalue weighted by Crippen LogP contribution is 2.22. The average Bonchev–Trinajstić information content (AvgIpc) is 2.59. The number of Topliss-reactive ketones (excluding diaryl/α,β-unsaturated/α-hetero) is 1. The molecule has 0 spiro atoms. The lowest BCUT2D eigenvalue weighted by Gasteiger charge is -2.18. The topological polar surface area (TPSA) is 60.9 Å². The number of aromatic nitrogens is 2. The molecule has 0 saturated heterocycles. The van der Waals surface area contributed by atoms with Gasteiger partial charge in [-0.15, -0.1) is 0 Å². The summed E-state index contributed by atoms with van der Waals surface area (Å²) in [7, 11) is 0. The molecule has 2 N–H and O–H groups in total. The van der Waals surface area contributed by atoms with Crippen molar-refractivity contribution in [2.75, 3.05) is 6.54 Å². The van der Waals surface area contributed by atoms with E-state index >= 15 is 0 Å². The van der Waals surface area contributed by atoms with Crippen LogP contribution < -0.4 is 5.73 Å². The first-order valence-electron chi connectivity index (χ1n) is 5.48. The fourth-order valence-electron chi connectivity index (χ4n) is 1.70. The van der Waals surface area contributed by atoms with Crippen molar-refractivity contribution in [3.05, 3.63) is 16.9 Å². The summed E-state index contributed by atoms with van der Waals surface area (Å²) in [5, 5.41) is 4.46. The Hall–Kier alpha value is -0.870. The lowest BCUT2D eigenvalue weighted by atomic mass is 9.90. The maximum Gasteiger partial charge on any atom is 0.186 e. The fraction of sp³-hybridized carbons (Fsp3) is 0.636. The van der Waals surface area contributed by atoms with Crippen molar-refractivity contribution in [2.24, 2.45) is 17.6 Å². The number of ketones is 1. The summed E-state index contributed by atoms with van der Waals surface area (Å²) in [5.41, 5.74) is 6.11. The van der Waals surface area contributed by atoms with Crippen molar-refractivity contribution < 1.29 is 4.79 Å². The second kappa shape index (κ2) is 5.46. The zero-order chi connectivity index (χ0) is 12.3. The van der Waals surface area contributed by atoms with Crippen LogP contribution in [0.5, 0.6) is 0 Å². The molecule has 1 unspecified atom stereocenters. The third-order valence-electron chi connectivity index (χ3n) is 2.72. The zero-order valence-electron chi connectivity index (χ0n) is 9.90. The van der Waals surface area contributed by atoms with Crippen molar-refractivity contribution in [1.29, 1.82) is 0 Å². The van der Waals surface area contributed by atoms with Crippen LogP contribution in [0.2, 0.25) is 5.02 Å². The van der Waals surface area contributed by atoms with Gasteiger partial charge in [0.05, 0.1) is 11.2 Å². The molecule has 0 radical (unpaired) electrons. The number of hydrogen-bond acceptors (Lipinski definition) is 3. The van der Waals surface area contributed by atoms with Gasteiger partial charge in [0.25, 0.3) is 0 Å². The Kier molecular flexibility index (Phi) is 4.50. The van der Waals surface area contributed by atoms with Crippen LogP contribution in [0.1, 0.15) is 31.3 Å². The van der Waals surface area contributed by atoms with E-state index in [0.717, 1.165) is 0 Å². The van der Waals surface area contributed by atoms with Crippen LogP contribution in [-0.2, 0) is 6.54 Å². The third kappa shape index (κ3) is 2.44. The van der Waals surface area contributed by atoms with E-state index in [1.807, 2.05) is 20.8 Å². The highest BCUT2D eigenvalue weighted by Gasteiger charge is 2.26. The molecule has 0 bridgehead atoms. The van der Waals surface area contributed by atoms with Gasteiger partial charge >= 0.3 is 0 Å². The Labute approximate surface area is 101 Å². The predicted molar refractivity (Wildman–Crippen MR) is 64.6 cm³/mol. The summed E-state index contributed by atoms with van der Waals surface area (Å²) in [6, 6.07) is 0. The van der Waals surface area contributed by atoms with Gasteiger partial charge in [0.2, 0.25) is 0 Å². The van der Waals surface area contributed by atoms with E-state index in [0.29, 0.717) is 23.8 Å². The van der Waals surface area contributed by atoms with Crippen LogP contribution in [-0.4, -0.2) is 22.1 Å². The fourth-order valence-corrected chi connectivity index (χ4v) is 1.94. The van der Waals surface area contributed by atoms with Crippen LogP contribution in [0.4, 0.5) is 0 Å². The molecule has 0 saturated carbocycles. The van der Waals surface area contributed by atoms with Crippen LogP contribution in [0.15, 0.2) is 6.20 Å². The molecule has 1 heterocycles. The van der Waals surface area contributed by atoms with Gasteiger partial charge in [-0.1, -0.05) is 25.4 Å². The Morgan fingerprint density at radius 3 is 2.69 bits per heavy atom. The van der Waals surface area contributed by atoms with Crippen molar-refractivity contribution >= 4 is 17.4 Å². The molecule has 5 heteroatoms. The monoisotopic (exact) mass is 243 g/mol. The van der Waals surface area contributed by atoms with Crippen LogP contribution in [0.3, 0.4) is 0 Å². The quantitative estimate of drug-likeness (QED) is 0.805. The molecule has 1 atom stereocenters. The number of aryl methyl sites for hydroxylation is 1. The normalized spacial score (nSPS) is 13.1. The first kappa shape index (κ1) is 13.2. The molecule has 90 valence electrons. The third-order valence-corrected chi connectivity index (χ3v) is 3.00. The average molecular weight is 244 g/mol. The molecule has 1 rings (SSSR count). The Morgan fingerprint density at radius 2 is 2.25 bits per heavy atom. The van der Waals surface area contributed by atoms with Gasteiger partial charge in [-0.2, -0.15) is 5.10 Å². The summed E-state index contributed by atoms with van der Waals surface area (Å²) in [4.78, 5) is 12.3. The number of hydrogen-bond donors (Lipinski definition) is 1. The number of halogens is 1. The van der Waals surface area contributed by atoms with E-state index in [9.17, 15) is 4.79 Å². The molecule has 0 aromatic carbocycles. The number of nitrogens with zero attached hydrogens (tertiary/aromatic N) is 2. The van der Waals surface area contributed by atoms with Crippen LogP contribution in [0, 0.1) is 11.8 Å². The molecule has 0 fully saturated rings. The van der Waals surface area contributed by atoms with E-state index < -0.39 is 0 Å². The lowest BCUT2D eigenvalue weighted by molar-refractivity contribution is 0.0881. The summed E-state index contributed by atoms with van der Waals surface area (Å²) in [6.07, 6.45) is 1.51. The summed E-state index contributed by atoms with van der Waals surface area (Å²) in [5.74, 6) is -0.00452. The Balaban J connectivity index is 3.07. The molecule has 4 nitrogen and oxygen atoms in total. The van der Waals surface area contributed by atoms with Gasteiger partial charge in [0.1, 0.15) is 5.69 Å². The molecule has 0 amide bonds. The molecule has 0 aliphatic heterocycles. The van der Waals surface area contributed by atoms with E-state index in [2.05, 4.69) is 5.10 Å². The molecular weight excluding hydrogens is 226 g/mol. The summed E-state index contributed by atoms with van der Waals surface area (Å²) in [6.45, 7) is 6.85. The van der Waals surface area contributed by atoms with Gasteiger partial charge in [-0.3, -0.25) is 9.48 Å². The van der Waals surface area contributed by atoms with Gasteiger partial charge in [-0.25, -0.2) is 0 Å². The standard InChI is InChI=1S/C11H18ClN3O/c1-4-15-10(9(12)6-14-15)11(16)8(5-13)7(2)3/h6-8H,4-5,13H2,1-3H3. The Bertz CT molecular complexity index is 373. The lowest BCUT2D eigenvalue weighted by Crippen LogP contribution is -2.30. The predicted octanol–water partition coefficient (Wildman–Crippen LogP) is 1.97. The first-order chi connectivity index (χ1) is 7.52. The second-order valence-electron chi connectivity index (χ2n) is 4.11. The molecule has 0 aliphatic carbocycles. The molecule has 1 aromatic heterocycles. The van der Waals surface area contributed by atoms with Gasteiger partial charge in [0, 0.05) is 19.0 Å². The highest BCUT2D eigenvalue weighted by molar-refractivity contribution is 6.33. The minimum absolute atomic E-state index is 0.0122. The number of rotatable bonds is 5. The van der Waals surface area contributed by atoms with Gasteiger partial charge in [0.15, 0.2) is 5.78 Å². The largest absolute Gasteiger partial charge is 0.330 e. The highest BCUT2D eigenvalue weighted by atomic mass is 35.5. The van der Waals surface area contributed by atoms with Gasteiger partial charge < -0.3 is 5.73 Å². The maximum absolute atomic E-state index is 12.3. The molecule has 1 aromatic rings. The van der Waals surface area contributed by atoms with Crippen LogP contribution in [0.25, 0.3) is 0 Å². The minimum atomic E-state index is -0.195. The SMILES string of the molecule is CCn1ncc(Cl)c1C(=O)C(CN)C(C)C. The number of carbonyl (C=O) groups is 1. The molecular formula is C11H18ClN3O. The smallest absolute Gasteiger partial charge is 0.186 e. The Morgan fingerprint density at radius 1 is 1.62 bits per heavy atom. The van der Waals surface area contributed by atoms with Crippen molar-refractivity contribution in [1.82, 2.24) is 9.78 Å². The maximum atomic E-state index is 12.3. The zero-order valence-corrected chi connectivity index (χ0v) is 10.7. The minimum Gasteiger partial charge on any atom is -0.330 e. The molecule has 16 heavy (non-hydrogen) atoms. The first-order valence-corrected chi connectivity index (χ1v) is 5.86. The second-order valence-corrected chi connectivity index (χ2v) is 4.51. The summed E-state index contributed by atoms with van der Waals surface area (Å²) >= 11 is 5.98. The van der Waals surface area contributed by atoms with Crippen molar-refractivity contribution in [2.45, 2.75) is 27.3 Å². The number of carbonyl (C=O) groups excluding carboxylic acids is 1. The van der Waals surface area contributed by atoms with E-state index in [4.69, 9.17) is 17.3 Å². The van der Waals surface area contributed by atoms with E-state index in [1.165, 1.54) is 6.20 Å². The molecule has 0 aliphatic rings. The van der Waals surface area contributed by atoms with E-state index in [1.54, 1.807) is 4.68 Å². The van der Waals surface area contributed by atoms with E-state index in [-0.39, 0.29) is 17.6 Å².